The van der Waals surface area contributed by atoms with Crippen molar-refractivity contribution in [2.24, 2.45) is 0 Å². The Morgan fingerprint density at radius 1 is 1.38 bits per heavy atom. The van der Waals surface area contributed by atoms with Gasteiger partial charge in [-0.1, -0.05) is 23.2 Å². The molecule has 1 aromatic carbocycles. The van der Waals surface area contributed by atoms with E-state index in [1.807, 2.05) is 6.07 Å². The van der Waals surface area contributed by atoms with E-state index in [2.05, 4.69) is 0 Å². The van der Waals surface area contributed by atoms with E-state index in [0.29, 0.717) is 10.0 Å². The number of benzene rings is 1. The molecule has 1 aliphatic heterocycles. The van der Waals surface area contributed by atoms with Crippen LogP contribution >= 0.6 is 34.8 Å². The normalized spacial score (nSPS) is 22.3. The molecule has 1 saturated heterocycles. The molecule has 0 aromatic heterocycles. The summed E-state index contributed by atoms with van der Waals surface area (Å²) in [5.74, 6) is 0. The van der Waals surface area contributed by atoms with Gasteiger partial charge in [-0.25, -0.2) is 0 Å². The Kier molecular flexibility index (Phi) is 4.37. The van der Waals surface area contributed by atoms with Crippen LogP contribution in [0, 0.1) is 0 Å². The molecule has 1 aromatic rings. The lowest BCUT2D eigenvalue weighted by molar-refractivity contribution is 0.103. The minimum absolute atomic E-state index is 0.130. The zero-order valence-corrected chi connectivity index (χ0v) is 11.0. The summed E-state index contributed by atoms with van der Waals surface area (Å²) in [7, 11) is 0. The van der Waals surface area contributed by atoms with Crippen molar-refractivity contribution in [2.75, 3.05) is 6.61 Å². The third-order valence-corrected chi connectivity index (χ3v) is 3.78. The van der Waals surface area contributed by atoms with Crippen LogP contribution in [0.5, 0.6) is 0 Å². The van der Waals surface area contributed by atoms with Crippen molar-refractivity contribution in [3.05, 3.63) is 33.8 Å². The fraction of sp³-hybridized carbons (Fsp3) is 0.500. The molecule has 16 heavy (non-hydrogen) atoms. The molecule has 0 radical (unpaired) electrons. The molecule has 88 valence electrons. The van der Waals surface area contributed by atoms with Gasteiger partial charge < -0.3 is 4.74 Å². The van der Waals surface area contributed by atoms with E-state index in [4.69, 9.17) is 39.5 Å². The summed E-state index contributed by atoms with van der Waals surface area (Å²) in [4.78, 5) is 0. The minimum atomic E-state index is -0.130. The zero-order valence-electron chi connectivity index (χ0n) is 8.76. The van der Waals surface area contributed by atoms with Crippen LogP contribution in [-0.4, -0.2) is 12.7 Å². The highest BCUT2D eigenvalue weighted by molar-refractivity contribution is 6.34. The van der Waals surface area contributed by atoms with E-state index in [-0.39, 0.29) is 11.5 Å². The van der Waals surface area contributed by atoms with Crippen molar-refractivity contribution in [2.45, 2.75) is 30.7 Å². The molecule has 2 rings (SSSR count). The Morgan fingerprint density at radius 2 is 2.19 bits per heavy atom. The molecule has 0 saturated carbocycles. The molecule has 1 nitrogen and oxygen atoms in total. The van der Waals surface area contributed by atoms with E-state index in [1.54, 1.807) is 12.1 Å². The molecule has 0 aliphatic carbocycles. The van der Waals surface area contributed by atoms with Gasteiger partial charge in [0.2, 0.25) is 0 Å². The molecule has 0 N–H and O–H groups in total. The Labute approximate surface area is 111 Å². The molecule has 1 heterocycles. The van der Waals surface area contributed by atoms with Crippen LogP contribution < -0.4 is 0 Å². The number of hydrogen-bond donors (Lipinski definition) is 0. The second-order valence-corrected chi connectivity index (χ2v) is 5.37. The summed E-state index contributed by atoms with van der Waals surface area (Å²) in [6.45, 7) is 0.845. The van der Waals surface area contributed by atoms with Gasteiger partial charge in [0.1, 0.15) is 0 Å². The van der Waals surface area contributed by atoms with Crippen LogP contribution in [0.25, 0.3) is 0 Å². The predicted octanol–water partition coefficient (Wildman–Crippen LogP) is 4.84. The summed E-state index contributed by atoms with van der Waals surface area (Å²) in [6.07, 6.45) is 3.26. The topological polar surface area (TPSA) is 9.23 Å². The Balaban J connectivity index is 2.07. The molecule has 0 amide bonds. The van der Waals surface area contributed by atoms with Gasteiger partial charge in [0.25, 0.3) is 0 Å². The van der Waals surface area contributed by atoms with Gasteiger partial charge >= 0.3 is 0 Å². The average Bonchev–Trinajstić information content (AvgIpc) is 2.74. The van der Waals surface area contributed by atoms with Crippen molar-refractivity contribution in [1.29, 1.82) is 0 Å². The first-order chi connectivity index (χ1) is 7.66. The first kappa shape index (κ1) is 12.5. The smallest absolute Gasteiger partial charge is 0.0625 e. The SMILES string of the molecule is Clc1ccc(Cl)c(C(Cl)CC2CCCO2)c1. The second kappa shape index (κ2) is 5.59. The molecular formula is C12H13Cl3O. The largest absolute Gasteiger partial charge is 0.378 e. The fourth-order valence-electron chi connectivity index (χ4n) is 1.94. The maximum atomic E-state index is 6.34. The van der Waals surface area contributed by atoms with E-state index < -0.39 is 0 Å². The number of hydrogen-bond acceptors (Lipinski definition) is 1. The lowest BCUT2D eigenvalue weighted by atomic mass is 10.0. The molecule has 2 unspecified atom stereocenters. The molecule has 4 heteroatoms. The second-order valence-electron chi connectivity index (χ2n) is 4.00. The maximum Gasteiger partial charge on any atom is 0.0625 e. The van der Waals surface area contributed by atoms with Gasteiger partial charge in [0.15, 0.2) is 0 Å². The van der Waals surface area contributed by atoms with Crippen molar-refractivity contribution in [3.63, 3.8) is 0 Å². The first-order valence-electron chi connectivity index (χ1n) is 5.37. The first-order valence-corrected chi connectivity index (χ1v) is 6.56. The van der Waals surface area contributed by atoms with Crippen LogP contribution in [0.4, 0.5) is 0 Å². The maximum absolute atomic E-state index is 6.34. The summed E-state index contributed by atoms with van der Waals surface area (Å²) < 4.78 is 5.55. The quantitative estimate of drug-likeness (QED) is 0.719. The Hall–Kier alpha value is 0.0500. The monoisotopic (exact) mass is 278 g/mol. The van der Waals surface area contributed by atoms with Crippen molar-refractivity contribution in [3.8, 4) is 0 Å². The van der Waals surface area contributed by atoms with Gasteiger partial charge in [0.05, 0.1) is 11.5 Å². The van der Waals surface area contributed by atoms with Crippen molar-refractivity contribution in [1.82, 2.24) is 0 Å². The van der Waals surface area contributed by atoms with Crippen molar-refractivity contribution >= 4 is 34.8 Å². The third kappa shape index (κ3) is 3.04. The molecule has 1 aliphatic rings. The number of alkyl halides is 1. The van der Waals surface area contributed by atoms with Crippen LogP contribution in [0.1, 0.15) is 30.2 Å². The van der Waals surface area contributed by atoms with Crippen LogP contribution in [0.15, 0.2) is 18.2 Å². The van der Waals surface area contributed by atoms with E-state index >= 15 is 0 Å². The number of ether oxygens (including phenoxy) is 1. The van der Waals surface area contributed by atoms with Gasteiger partial charge in [0, 0.05) is 16.7 Å². The summed E-state index contributed by atoms with van der Waals surface area (Å²) >= 11 is 18.4. The lowest BCUT2D eigenvalue weighted by Crippen LogP contribution is -2.08. The van der Waals surface area contributed by atoms with E-state index in [1.165, 1.54) is 0 Å². The zero-order chi connectivity index (χ0) is 11.5. The van der Waals surface area contributed by atoms with E-state index in [9.17, 15) is 0 Å². The van der Waals surface area contributed by atoms with Crippen molar-refractivity contribution < 1.29 is 4.74 Å². The Bertz CT molecular complexity index is 361. The highest BCUT2D eigenvalue weighted by Gasteiger charge is 2.22. The van der Waals surface area contributed by atoms with Gasteiger partial charge in [-0.2, -0.15) is 0 Å². The lowest BCUT2D eigenvalue weighted by Gasteiger charge is -2.16. The highest BCUT2D eigenvalue weighted by Crippen LogP contribution is 2.35. The van der Waals surface area contributed by atoms with E-state index in [0.717, 1.165) is 31.4 Å². The Morgan fingerprint density at radius 3 is 2.88 bits per heavy atom. The average molecular weight is 280 g/mol. The summed E-state index contributed by atoms with van der Waals surface area (Å²) in [5, 5.41) is 1.20. The third-order valence-electron chi connectivity index (χ3n) is 2.79. The molecule has 0 spiro atoms. The summed E-state index contributed by atoms with van der Waals surface area (Å²) in [6, 6.07) is 5.38. The van der Waals surface area contributed by atoms with Crippen LogP contribution in [-0.2, 0) is 4.74 Å². The fourth-order valence-corrected chi connectivity index (χ4v) is 2.81. The minimum Gasteiger partial charge on any atom is -0.378 e. The molecular weight excluding hydrogens is 266 g/mol. The van der Waals surface area contributed by atoms with Crippen LogP contribution in [0.2, 0.25) is 10.0 Å². The molecule has 1 fully saturated rings. The number of halogens is 3. The molecule has 2 atom stereocenters. The highest BCUT2D eigenvalue weighted by atomic mass is 35.5. The standard InChI is InChI=1S/C12H13Cl3O/c13-8-3-4-11(14)10(6-8)12(15)7-9-2-1-5-16-9/h3-4,6,9,12H,1-2,5,7H2. The molecule has 0 bridgehead atoms. The predicted molar refractivity (Wildman–Crippen MR) is 68.6 cm³/mol. The van der Waals surface area contributed by atoms with Gasteiger partial charge in [-0.3, -0.25) is 0 Å². The van der Waals surface area contributed by atoms with Gasteiger partial charge in [-0.05, 0) is 43.0 Å². The number of rotatable bonds is 3. The van der Waals surface area contributed by atoms with Gasteiger partial charge in [-0.15, -0.1) is 11.6 Å². The van der Waals surface area contributed by atoms with Crippen LogP contribution in [0.3, 0.4) is 0 Å². The summed E-state index contributed by atoms with van der Waals surface area (Å²) in [5.41, 5.74) is 0.895.